The van der Waals surface area contributed by atoms with E-state index in [1.54, 1.807) is 0 Å². The van der Waals surface area contributed by atoms with Crippen LogP contribution >= 0.6 is 0 Å². The summed E-state index contributed by atoms with van der Waals surface area (Å²) in [5.41, 5.74) is 0. The molecule has 0 radical (unpaired) electrons. The van der Waals surface area contributed by atoms with Gasteiger partial charge in [0.05, 0.1) is 0 Å². The predicted molar refractivity (Wildman–Crippen MR) is 49.2 cm³/mol. The van der Waals surface area contributed by atoms with Crippen LogP contribution in [0, 0.1) is 23.7 Å². The first kappa shape index (κ1) is 8.92. The van der Waals surface area contributed by atoms with Crippen LogP contribution in [0.2, 0.25) is 0 Å². The lowest BCUT2D eigenvalue weighted by Gasteiger charge is -2.40. The molecule has 0 N–H and O–H groups in total. The van der Waals surface area contributed by atoms with Crippen molar-refractivity contribution >= 4 is 11.6 Å². The topological polar surface area (TPSA) is 34.1 Å². The highest BCUT2D eigenvalue weighted by Gasteiger charge is 2.44. The van der Waals surface area contributed by atoms with Crippen molar-refractivity contribution in [3.05, 3.63) is 0 Å². The monoisotopic (exact) mass is 180 g/mol. The molecule has 0 aromatic carbocycles. The number of carbonyl (C=O) groups is 2. The highest BCUT2D eigenvalue weighted by molar-refractivity contribution is 5.90. The Morgan fingerprint density at radius 3 is 1.69 bits per heavy atom. The molecule has 72 valence electrons. The average molecular weight is 180 g/mol. The first-order chi connectivity index (χ1) is 6.09. The highest BCUT2D eigenvalue weighted by Crippen LogP contribution is 2.41. The molecule has 2 saturated carbocycles. The standard InChI is InChI=1S/C11H16O2/c1-6-3-10(12)9-5-8(6)11(13)4-7(9)2/h6-9H,3-5H2,1-2H3/t6-,7-,8-,9-/m0/s1. The molecule has 0 spiro atoms. The Balaban J connectivity index is 2.23. The van der Waals surface area contributed by atoms with E-state index in [1.165, 1.54) is 0 Å². The van der Waals surface area contributed by atoms with E-state index in [2.05, 4.69) is 0 Å². The van der Waals surface area contributed by atoms with Crippen molar-refractivity contribution in [1.29, 1.82) is 0 Å². The lowest BCUT2D eigenvalue weighted by molar-refractivity contribution is -0.140. The smallest absolute Gasteiger partial charge is 0.136 e. The fraction of sp³-hybridized carbons (Fsp3) is 0.818. The van der Waals surface area contributed by atoms with Crippen LogP contribution in [0.4, 0.5) is 0 Å². The van der Waals surface area contributed by atoms with E-state index in [-0.39, 0.29) is 11.8 Å². The molecule has 0 heterocycles. The van der Waals surface area contributed by atoms with E-state index < -0.39 is 0 Å². The second kappa shape index (κ2) is 2.93. The SMILES string of the molecule is C[C@H]1CC(=O)[C@H]2C[C@@H]1C(=O)C[C@@H]2C. The Morgan fingerprint density at radius 2 is 1.31 bits per heavy atom. The van der Waals surface area contributed by atoms with Crippen LogP contribution in [0.15, 0.2) is 0 Å². The largest absolute Gasteiger partial charge is 0.299 e. The van der Waals surface area contributed by atoms with E-state index in [1.807, 2.05) is 13.8 Å². The summed E-state index contributed by atoms with van der Waals surface area (Å²) in [5, 5.41) is 0. The van der Waals surface area contributed by atoms with Crippen LogP contribution in [0.1, 0.15) is 33.1 Å². The Morgan fingerprint density at radius 1 is 0.923 bits per heavy atom. The maximum atomic E-state index is 11.6. The summed E-state index contributed by atoms with van der Waals surface area (Å²) in [6.07, 6.45) is 2.09. The fourth-order valence-corrected chi connectivity index (χ4v) is 2.86. The molecule has 2 heteroatoms. The summed E-state index contributed by atoms with van der Waals surface area (Å²) in [6.45, 7) is 4.07. The van der Waals surface area contributed by atoms with Crippen LogP contribution in [0.3, 0.4) is 0 Å². The molecule has 2 aliphatic rings. The molecule has 0 saturated heterocycles. The number of carbonyl (C=O) groups excluding carboxylic acids is 2. The maximum absolute atomic E-state index is 11.6. The van der Waals surface area contributed by atoms with Gasteiger partial charge in [-0.2, -0.15) is 0 Å². The number of rotatable bonds is 0. The second-order valence-electron chi connectivity index (χ2n) is 4.74. The number of hydrogen-bond donors (Lipinski definition) is 0. The zero-order chi connectivity index (χ0) is 9.59. The van der Waals surface area contributed by atoms with Gasteiger partial charge >= 0.3 is 0 Å². The molecule has 2 bridgehead atoms. The third kappa shape index (κ3) is 1.32. The van der Waals surface area contributed by atoms with Crippen molar-refractivity contribution in [3.63, 3.8) is 0 Å². The summed E-state index contributed by atoms with van der Waals surface area (Å²) in [4.78, 5) is 23.2. The van der Waals surface area contributed by atoms with Crippen molar-refractivity contribution in [2.75, 3.05) is 0 Å². The molecule has 2 nitrogen and oxygen atoms in total. The van der Waals surface area contributed by atoms with Crippen LogP contribution < -0.4 is 0 Å². The Kier molecular flexibility index (Phi) is 2.01. The zero-order valence-electron chi connectivity index (χ0n) is 8.25. The van der Waals surface area contributed by atoms with E-state index in [0.717, 1.165) is 6.42 Å². The molecule has 2 fully saturated rings. The first-order valence-corrected chi connectivity index (χ1v) is 5.15. The van der Waals surface area contributed by atoms with E-state index in [4.69, 9.17) is 0 Å². The van der Waals surface area contributed by atoms with Gasteiger partial charge in [-0.15, -0.1) is 0 Å². The highest BCUT2D eigenvalue weighted by atomic mass is 16.1. The minimum Gasteiger partial charge on any atom is -0.299 e. The molecular formula is C11H16O2. The average Bonchev–Trinajstić information content (AvgIpc) is 2.02. The van der Waals surface area contributed by atoms with Crippen LogP contribution in [-0.4, -0.2) is 11.6 Å². The number of hydrogen-bond acceptors (Lipinski definition) is 2. The minimum absolute atomic E-state index is 0.193. The van der Waals surface area contributed by atoms with Gasteiger partial charge in [-0.25, -0.2) is 0 Å². The summed E-state index contributed by atoms with van der Waals surface area (Å²) in [7, 11) is 0. The summed E-state index contributed by atoms with van der Waals surface area (Å²) < 4.78 is 0. The van der Waals surface area contributed by atoms with Crippen molar-refractivity contribution < 1.29 is 9.59 Å². The van der Waals surface area contributed by atoms with Crippen molar-refractivity contribution in [1.82, 2.24) is 0 Å². The third-order valence-corrected chi connectivity index (χ3v) is 3.76. The van der Waals surface area contributed by atoms with Gasteiger partial charge in [0.2, 0.25) is 0 Å². The van der Waals surface area contributed by atoms with Crippen molar-refractivity contribution in [3.8, 4) is 0 Å². The van der Waals surface area contributed by atoms with Crippen molar-refractivity contribution in [2.45, 2.75) is 33.1 Å². The van der Waals surface area contributed by atoms with E-state index in [0.29, 0.717) is 36.2 Å². The van der Waals surface area contributed by atoms with E-state index in [9.17, 15) is 9.59 Å². The Bertz CT molecular complexity index is 231. The third-order valence-electron chi connectivity index (χ3n) is 3.76. The number of ketones is 2. The van der Waals surface area contributed by atoms with Gasteiger partial charge in [0, 0.05) is 24.7 Å². The molecule has 0 amide bonds. The Labute approximate surface area is 78.7 Å². The summed E-state index contributed by atoms with van der Waals surface area (Å²) in [5.74, 6) is 1.76. The number of Topliss-reactive ketones (excluding diaryl/α,β-unsaturated/α-hetero) is 2. The van der Waals surface area contributed by atoms with Gasteiger partial charge in [-0.05, 0) is 18.3 Å². The summed E-state index contributed by atoms with van der Waals surface area (Å²) >= 11 is 0. The minimum atomic E-state index is 0.193. The maximum Gasteiger partial charge on any atom is 0.136 e. The molecule has 0 unspecified atom stereocenters. The molecule has 4 atom stereocenters. The molecule has 0 aliphatic heterocycles. The summed E-state index contributed by atoms with van der Waals surface area (Å²) in [6, 6.07) is 0. The van der Waals surface area contributed by atoms with Gasteiger partial charge in [0.1, 0.15) is 11.6 Å². The van der Waals surface area contributed by atoms with Crippen molar-refractivity contribution in [2.24, 2.45) is 23.7 Å². The molecule has 0 aromatic rings. The molecule has 13 heavy (non-hydrogen) atoms. The quantitative estimate of drug-likeness (QED) is 0.570. The van der Waals surface area contributed by atoms with Gasteiger partial charge in [-0.3, -0.25) is 9.59 Å². The van der Waals surface area contributed by atoms with Gasteiger partial charge in [0.15, 0.2) is 0 Å². The van der Waals surface area contributed by atoms with Gasteiger partial charge in [0.25, 0.3) is 0 Å². The van der Waals surface area contributed by atoms with Gasteiger partial charge in [-0.1, -0.05) is 13.8 Å². The zero-order valence-corrected chi connectivity index (χ0v) is 8.25. The molecular weight excluding hydrogens is 164 g/mol. The first-order valence-electron chi connectivity index (χ1n) is 5.15. The van der Waals surface area contributed by atoms with Crippen LogP contribution in [0.5, 0.6) is 0 Å². The second-order valence-corrected chi connectivity index (χ2v) is 4.74. The predicted octanol–water partition coefficient (Wildman–Crippen LogP) is 1.83. The normalized spacial score (nSPS) is 45.1. The molecule has 2 rings (SSSR count). The lowest BCUT2D eigenvalue weighted by atomic mass is 9.62. The molecule has 0 aromatic heterocycles. The lowest BCUT2D eigenvalue weighted by Crippen LogP contribution is -2.43. The van der Waals surface area contributed by atoms with Gasteiger partial charge < -0.3 is 0 Å². The fourth-order valence-electron chi connectivity index (χ4n) is 2.86. The van der Waals surface area contributed by atoms with Crippen LogP contribution in [-0.2, 0) is 9.59 Å². The van der Waals surface area contributed by atoms with E-state index >= 15 is 0 Å². The number of fused-ring (bicyclic) bond motifs is 2. The Hall–Kier alpha value is -0.660. The van der Waals surface area contributed by atoms with Crippen LogP contribution in [0.25, 0.3) is 0 Å². The molecule has 2 aliphatic carbocycles.